The van der Waals surface area contributed by atoms with Gasteiger partial charge in [0.25, 0.3) is 0 Å². The standard InChI is InChI=1S/C19H25N5O4/c1-12-20-17(28-22-12)14-6-5-9-24(11-14)19(26)21-15-8-7-13(18(25)27-4)10-16(15)23(2)3/h7-8,10,14H,5-6,9,11H2,1-4H3,(H,21,26)/t14-/m0/s1. The quantitative estimate of drug-likeness (QED) is 0.805. The van der Waals surface area contributed by atoms with E-state index in [9.17, 15) is 9.59 Å². The summed E-state index contributed by atoms with van der Waals surface area (Å²) in [5.41, 5.74) is 1.77. The molecule has 1 atom stereocenters. The zero-order valence-corrected chi connectivity index (χ0v) is 16.6. The molecule has 1 aromatic carbocycles. The van der Waals surface area contributed by atoms with Crippen LogP contribution in [0.1, 0.15) is 40.8 Å². The number of anilines is 2. The van der Waals surface area contributed by atoms with Crippen LogP contribution in [0.4, 0.5) is 16.2 Å². The van der Waals surface area contributed by atoms with Crippen LogP contribution in [-0.4, -0.2) is 61.3 Å². The molecule has 3 rings (SSSR count). The number of carbonyl (C=O) groups is 2. The summed E-state index contributed by atoms with van der Waals surface area (Å²) in [6.07, 6.45) is 1.77. The van der Waals surface area contributed by atoms with Gasteiger partial charge in [-0.25, -0.2) is 9.59 Å². The summed E-state index contributed by atoms with van der Waals surface area (Å²) in [5.74, 6) is 0.787. The second kappa shape index (κ2) is 8.28. The van der Waals surface area contributed by atoms with Gasteiger partial charge in [0, 0.05) is 27.2 Å². The molecule has 2 aromatic rings. The van der Waals surface area contributed by atoms with E-state index in [1.165, 1.54) is 7.11 Å². The Morgan fingerprint density at radius 3 is 2.79 bits per heavy atom. The van der Waals surface area contributed by atoms with Gasteiger partial charge in [-0.15, -0.1) is 0 Å². The van der Waals surface area contributed by atoms with Crippen LogP contribution in [0.15, 0.2) is 22.7 Å². The molecule has 1 fully saturated rings. The molecule has 0 aliphatic carbocycles. The summed E-state index contributed by atoms with van der Waals surface area (Å²) >= 11 is 0. The molecular weight excluding hydrogens is 362 g/mol. The third-order valence-corrected chi connectivity index (χ3v) is 4.74. The van der Waals surface area contributed by atoms with Crippen LogP contribution < -0.4 is 10.2 Å². The van der Waals surface area contributed by atoms with Crippen LogP contribution in [0.3, 0.4) is 0 Å². The zero-order valence-electron chi connectivity index (χ0n) is 16.6. The Hall–Kier alpha value is -3.10. The second-order valence-electron chi connectivity index (χ2n) is 7.01. The minimum absolute atomic E-state index is 0.0377. The first-order valence-corrected chi connectivity index (χ1v) is 9.15. The Morgan fingerprint density at radius 1 is 1.36 bits per heavy atom. The Bertz CT molecular complexity index is 864. The highest BCUT2D eigenvalue weighted by molar-refractivity contribution is 5.97. The van der Waals surface area contributed by atoms with Gasteiger partial charge in [0.15, 0.2) is 5.82 Å². The number of amides is 2. The van der Waals surface area contributed by atoms with E-state index in [0.29, 0.717) is 36.1 Å². The van der Waals surface area contributed by atoms with Crippen molar-refractivity contribution in [2.24, 2.45) is 0 Å². The first-order valence-electron chi connectivity index (χ1n) is 9.15. The molecule has 1 saturated heterocycles. The van der Waals surface area contributed by atoms with E-state index in [2.05, 4.69) is 15.5 Å². The van der Waals surface area contributed by atoms with Gasteiger partial charge >= 0.3 is 12.0 Å². The zero-order chi connectivity index (χ0) is 20.3. The monoisotopic (exact) mass is 387 g/mol. The fraction of sp³-hybridized carbons (Fsp3) is 0.474. The van der Waals surface area contributed by atoms with Gasteiger partial charge in [0.2, 0.25) is 5.89 Å². The minimum Gasteiger partial charge on any atom is -0.465 e. The lowest BCUT2D eigenvalue weighted by atomic mass is 9.98. The molecule has 0 unspecified atom stereocenters. The van der Waals surface area contributed by atoms with Gasteiger partial charge < -0.3 is 24.4 Å². The van der Waals surface area contributed by atoms with Crippen LogP contribution in [0.25, 0.3) is 0 Å². The maximum Gasteiger partial charge on any atom is 0.337 e. The van der Waals surface area contributed by atoms with E-state index >= 15 is 0 Å². The third kappa shape index (κ3) is 4.24. The number of aryl methyl sites for hydroxylation is 1. The maximum absolute atomic E-state index is 12.8. The first-order chi connectivity index (χ1) is 13.4. The number of nitrogens with one attached hydrogen (secondary N) is 1. The third-order valence-electron chi connectivity index (χ3n) is 4.74. The van der Waals surface area contributed by atoms with Crippen molar-refractivity contribution in [1.82, 2.24) is 15.0 Å². The number of aromatic nitrogens is 2. The summed E-state index contributed by atoms with van der Waals surface area (Å²) in [4.78, 5) is 32.5. The molecular formula is C19H25N5O4. The topological polar surface area (TPSA) is 101 Å². The average Bonchev–Trinajstić information content (AvgIpc) is 3.14. The van der Waals surface area contributed by atoms with E-state index in [-0.39, 0.29) is 11.9 Å². The molecule has 1 aromatic heterocycles. The van der Waals surface area contributed by atoms with Gasteiger partial charge in [-0.2, -0.15) is 4.98 Å². The summed E-state index contributed by atoms with van der Waals surface area (Å²) in [7, 11) is 5.03. The molecule has 1 aliphatic rings. The predicted octanol–water partition coefficient (Wildman–Crippen LogP) is 2.64. The number of hydrogen-bond acceptors (Lipinski definition) is 7. The molecule has 150 valence electrons. The lowest BCUT2D eigenvalue weighted by Gasteiger charge is -2.31. The number of benzene rings is 1. The van der Waals surface area contributed by atoms with Gasteiger partial charge in [-0.1, -0.05) is 5.16 Å². The number of piperidine rings is 1. The Labute approximate surface area is 163 Å². The van der Waals surface area contributed by atoms with Crippen molar-refractivity contribution in [3.8, 4) is 0 Å². The number of esters is 1. The van der Waals surface area contributed by atoms with Crippen LogP contribution >= 0.6 is 0 Å². The van der Waals surface area contributed by atoms with Crippen molar-refractivity contribution < 1.29 is 18.8 Å². The summed E-state index contributed by atoms with van der Waals surface area (Å²) in [6, 6.07) is 4.84. The molecule has 2 heterocycles. The maximum atomic E-state index is 12.8. The van der Waals surface area contributed by atoms with Gasteiger partial charge in [0.1, 0.15) is 0 Å². The molecule has 9 heteroatoms. The summed E-state index contributed by atoms with van der Waals surface area (Å²) < 4.78 is 10.0. The molecule has 1 aliphatic heterocycles. The molecule has 0 bridgehead atoms. The summed E-state index contributed by atoms with van der Waals surface area (Å²) in [6.45, 7) is 2.96. The molecule has 9 nitrogen and oxygen atoms in total. The van der Waals surface area contributed by atoms with Crippen molar-refractivity contribution in [3.63, 3.8) is 0 Å². The van der Waals surface area contributed by atoms with Crippen molar-refractivity contribution in [2.75, 3.05) is 44.5 Å². The number of ether oxygens (including phenoxy) is 1. The number of hydrogen-bond donors (Lipinski definition) is 1. The van der Waals surface area contributed by atoms with Crippen LogP contribution in [0, 0.1) is 6.92 Å². The van der Waals surface area contributed by atoms with E-state index in [1.807, 2.05) is 19.0 Å². The number of methoxy groups -OCH3 is 1. The van der Waals surface area contributed by atoms with E-state index in [0.717, 1.165) is 18.5 Å². The van der Waals surface area contributed by atoms with Crippen LogP contribution in [-0.2, 0) is 4.74 Å². The molecule has 0 saturated carbocycles. The highest BCUT2D eigenvalue weighted by Crippen LogP contribution is 2.29. The fourth-order valence-corrected chi connectivity index (χ4v) is 3.29. The minimum atomic E-state index is -0.422. The fourth-order valence-electron chi connectivity index (χ4n) is 3.29. The number of rotatable bonds is 4. The molecule has 28 heavy (non-hydrogen) atoms. The predicted molar refractivity (Wildman–Crippen MR) is 104 cm³/mol. The lowest BCUT2D eigenvalue weighted by molar-refractivity contribution is 0.0601. The first kappa shape index (κ1) is 19.7. The highest BCUT2D eigenvalue weighted by Gasteiger charge is 2.28. The molecule has 0 spiro atoms. The Balaban J connectivity index is 1.74. The van der Waals surface area contributed by atoms with Crippen molar-refractivity contribution >= 4 is 23.4 Å². The smallest absolute Gasteiger partial charge is 0.337 e. The second-order valence-corrected chi connectivity index (χ2v) is 7.01. The molecule has 2 amide bonds. The van der Waals surface area contributed by atoms with Gasteiger partial charge in [-0.3, -0.25) is 0 Å². The number of likely N-dealkylation sites (tertiary alicyclic amines) is 1. The van der Waals surface area contributed by atoms with Crippen molar-refractivity contribution in [1.29, 1.82) is 0 Å². The van der Waals surface area contributed by atoms with Crippen molar-refractivity contribution in [3.05, 3.63) is 35.5 Å². The normalized spacial score (nSPS) is 16.6. The van der Waals surface area contributed by atoms with Crippen molar-refractivity contribution in [2.45, 2.75) is 25.7 Å². The molecule has 0 radical (unpaired) electrons. The van der Waals surface area contributed by atoms with E-state index < -0.39 is 5.97 Å². The SMILES string of the molecule is COC(=O)c1ccc(NC(=O)N2CCC[C@H](c3nc(C)no3)C2)c(N(C)C)c1. The largest absolute Gasteiger partial charge is 0.465 e. The highest BCUT2D eigenvalue weighted by atomic mass is 16.5. The number of nitrogens with zero attached hydrogens (tertiary/aromatic N) is 4. The van der Waals surface area contributed by atoms with Gasteiger partial charge in [0.05, 0.1) is 30.0 Å². The van der Waals surface area contributed by atoms with Gasteiger partial charge in [-0.05, 0) is 38.0 Å². The number of urea groups is 1. The average molecular weight is 387 g/mol. The van der Waals surface area contributed by atoms with Crippen LogP contribution in [0.2, 0.25) is 0 Å². The van der Waals surface area contributed by atoms with E-state index in [4.69, 9.17) is 9.26 Å². The Kier molecular flexibility index (Phi) is 5.81. The Morgan fingerprint density at radius 2 is 2.14 bits per heavy atom. The van der Waals surface area contributed by atoms with E-state index in [1.54, 1.807) is 30.0 Å². The summed E-state index contributed by atoms with van der Waals surface area (Å²) in [5, 5.41) is 6.79. The molecule has 1 N–H and O–H groups in total. The number of carbonyl (C=O) groups excluding carboxylic acids is 2. The van der Waals surface area contributed by atoms with Crippen LogP contribution in [0.5, 0.6) is 0 Å². The lowest BCUT2D eigenvalue weighted by Crippen LogP contribution is -2.41.